The normalized spacial score (nSPS) is 12.0. The summed E-state index contributed by atoms with van der Waals surface area (Å²) in [4.78, 5) is 13.4. The zero-order valence-corrected chi connectivity index (χ0v) is 15.9. The molecule has 2 rings (SSSR count). The lowest BCUT2D eigenvalue weighted by Gasteiger charge is -2.16. The van der Waals surface area contributed by atoms with Crippen molar-refractivity contribution in [1.82, 2.24) is 0 Å². The van der Waals surface area contributed by atoms with E-state index in [9.17, 15) is 4.79 Å². The molecule has 7 heteroatoms. The zero-order valence-electron chi connectivity index (χ0n) is 12.1. The monoisotopic (exact) mass is 407 g/mol. The minimum Gasteiger partial charge on any atom is -0.324 e. The van der Waals surface area contributed by atoms with E-state index in [1.807, 2.05) is 19.1 Å². The molecule has 1 N–H and O–H groups in total. The highest BCUT2D eigenvalue weighted by Crippen LogP contribution is 2.33. The van der Waals surface area contributed by atoms with Gasteiger partial charge >= 0.3 is 0 Å². The van der Waals surface area contributed by atoms with Gasteiger partial charge in [-0.1, -0.05) is 53.3 Å². The number of halogens is 4. The summed E-state index contributed by atoms with van der Waals surface area (Å²) < 4.78 is 0. The molecule has 0 aromatic heterocycles. The molecule has 122 valence electrons. The number of rotatable bonds is 5. The molecule has 0 aliphatic rings. The van der Waals surface area contributed by atoms with E-state index in [0.29, 0.717) is 32.2 Å². The van der Waals surface area contributed by atoms with Crippen LogP contribution in [0.2, 0.25) is 20.1 Å². The minimum absolute atomic E-state index is 0.146. The van der Waals surface area contributed by atoms with E-state index >= 15 is 0 Å². The summed E-state index contributed by atoms with van der Waals surface area (Å²) in [6.45, 7) is 1.95. The van der Waals surface area contributed by atoms with E-state index in [1.165, 1.54) is 17.8 Å². The van der Waals surface area contributed by atoms with Gasteiger partial charge in [0.25, 0.3) is 0 Å². The lowest BCUT2D eigenvalue weighted by atomic mass is 10.2. The minimum atomic E-state index is -0.262. The lowest BCUT2D eigenvalue weighted by molar-refractivity contribution is -0.115. The number of thioether (sulfide) groups is 1. The van der Waals surface area contributed by atoms with Crippen LogP contribution in [-0.2, 0) is 4.79 Å². The molecule has 0 aliphatic carbocycles. The molecule has 0 radical (unpaired) electrons. The van der Waals surface area contributed by atoms with Crippen molar-refractivity contribution >= 4 is 69.8 Å². The van der Waals surface area contributed by atoms with E-state index in [4.69, 9.17) is 46.4 Å². The Bertz CT molecular complexity index is 706. The van der Waals surface area contributed by atoms with Crippen LogP contribution in [0, 0.1) is 0 Å². The molecule has 0 fully saturated rings. The van der Waals surface area contributed by atoms with Gasteiger partial charge in [-0.05, 0) is 42.8 Å². The van der Waals surface area contributed by atoms with E-state index < -0.39 is 0 Å². The van der Waals surface area contributed by atoms with Gasteiger partial charge in [0.1, 0.15) is 0 Å². The first kappa shape index (κ1) is 18.8. The maximum Gasteiger partial charge on any atom is 0.237 e. The van der Waals surface area contributed by atoms with Crippen LogP contribution in [0.5, 0.6) is 0 Å². The molecule has 0 spiro atoms. The van der Waals surface area contributed by atoms with Crippen LogP contribution >= 0.6 is 58.2 Å². The molecule has 0 saturated carbocycles. The maximum atomic E-state index is 12.5. The molecular weight excluding hydrogens is 396 g/mol. The Morgan fingerprint density at radius 2 is 1.65 bits per heavy atom. The van der Waals surface area contributed by atoms with Crippen molar-refractivity contribution in [2.45, 2.75) is 23.5 Å². The Balaban J connectivity index is 2.11. The zero-order chi connectivity index (χ0) is 17.0. The molecule has 23 heavy (non-hydrogen) atoms. The van der Waals surface area contributed by atoms with Crippen LogP contribution in [-0.4, -0.2) is 11.2 Å². The molecular formula is C16H13Cl4NOS. The van der Waals surface area contributed by atoms with Crippen molar-refractivity contribution in [3.63, 3.8) is 0 Å². The Morgan fingerprint density at radius 3 is 2.26 bits per heavy atom. The summed E-state index contributed by atoms with van der Waals surface area (Å²) >= 11 is 25.3. The topological polar surface area (TPSA) is 29.1 Å². The van der Waals surface area contributed by atoms with E-state index in [2.05, 4.69) is 5.32 Å². The highest BCUT2D eigenvalue weighted by molar-refractivity contribution is 8.00. The molecule has 1 amide bonds. The predicted molar refractivity (Wildman–Crippen MR) is 101 cm³/mol. The number of carbonyl (C=O) groups excluding carboxylic acids is 1. The first-order chi connectivity index (χ1) is 10.9. The van der Waals surface area contributed by atoms with Crippen molar-refractivity contribution in [3.8, 4) is 0 Å². The third kappa shape index (κ3) is 5.20. The fraction of sp³-hybridized carbons (Fsp3) is 0.188. The van der Waals surface area contributed by atoms with Gasteiger partial charge in [0.2, 0.25) is 5.91 Å². The van der Waals surface area contributed by atoms with Gasteiger partial charge in [0.05, 0.1) is 26.0 Å². The number of carbonyl (C=O) groups is 1. The predicted octanol–water partition coefficient (Wildman–Crippen LogP) is 6.81. The van der Waals surface area contributed by atoms with Crippen molar-refractivity contribution in [1.29, 1.82) is 0 Å². The Morgan fingerprint density at radius 1 is 1.04 bits per heavy atom. The molecule has 2 aromatic rings. The van der Waals surface area contributed by atoms with Crippen LogP contribution in [0.1, 0.15) is 13.3 Å². The van der Waals surface area contributed by atoms with Crippen molar-refractivity contribution < 1.29 is 4.79 Å². The third-order valence-corrected chi connectivity index (χ3v) is 5.69. The summed E-state index contributed by atoms with van der Waals surface area (Å²) in [6.07, 6.45) is 0.665. The average Bonchev–Trinajstić information content (AvgIpc) is 2.52. The van der Waals surface area contributed by atoms with Crippen LogP contribution in [0.4, 0.5) is 5.69 Å². The molecule has 0 saturated heterocycles. The number of nitrogens with one attached hydrogen (secondary N) is 1. The van der Waals surface area contributed by atoms with Crippen LogP contribution in [0.15, 0.2) is 41.3 Å². The molecule has 0 aliphatic heterocycles. The van der Waals surface area contributed by atoms with Gasteiger partial charge in [0.15, 0.2) is 0 Å². The van der Waals surface area contributed by atoms with Gasteiger partial charge in [-0.15, -0.1) is 11.8 Å². The van der Waals surface area contributed by atoms with Gasteiger partial charge in [-0.3, -0.25) is 4.79 Å². The largest absolute Gasteiger partial charge is 0.324 e. The van der Waals surface area contributed by atoms with E-state index in [1.54, 1.807) is 18.2 Å². The standard InChI is InChI=1S/C16H13Cl4NOS/c1-2-15(23-10-5-3-9(17)4-6-10)16(22)21-14-8-12(19)11(18)7-13(14)20/h3-8,15H,2H2,1H3,(H,21,22). The summed E-state index contributed by atoms with van der Waals surface area (Å²) in [6, 6.07) is 10.4. The molecule has 0 heterocycles. The number of hydrogen-bond donors (Lipinski definition) is 1. The highest BCUT2D eigenvalue weighted by atomic mass is 35.5. The van der Waals surface area contributed by atoms with Crippen molar-refractivity contribution in [2.24, 2.45) is 0 Å². The second kappa shape index (κ2) is 8.50. The summed E-state index contributed by atoms with van der Waals surface area (Å²) in [5, 5.41) is 4.23. The number of amides is 1. The van der Waals surface area contributed by atoms with Gasteiger partial charge in [-0.25, -0.2) is 0 Å². The lowest BCUT2D eigenvalue weighted by Crippen LogP contribution is -2.24. The van der Waals surface area contributed by atoms with Gasteiger partial charge in [-0.2, -0.15) is 0 Å². The number of anilines is 1. The maximum absolute atomic E-state index is 12.5. The first-order valence-corrected chi connectivity index (χ1v) is 9.17. The van der Waals surface area contributed by atoms with Gasteiger partial charge in [0, 0.05) is 9.92 Å². The number of hydrogen-bond acceptors (Lipinski definition) is 2. The highest BCUT2D eigenvalue weighted by Gasteiger charge is 2.19. The Labute approximate surface area is 159 Å². The second-order valence-corrected chi connectivity index (χ2v) is 7.64. The quantitative estimate of drug-likeness (QED) is 0.434. The van der Waals surface area contributed by atoms with E-state index in [0.717, 1.165) is 4.90 Å². The van der Waals surface area contributed by atoms with Crippen LogP contribution in [0.3, 0.4) is 0 Å². The SMILES string of the molecule is CCC(Sc1ccc(Cl)cc1)C(=O)Nc1cc(Cl)c(Cl)cc1Cl. The van der Waals surface area contributed by atoms with Crippen LogP contribution in [0.25, 0.3) is 0 Å². The average molecular weight is 409 g/mol. The fourth-order valence-corrected chi connectivity index (χ4v) is 3.51. The molecule has 2 aromatic carbocycles. The smallest absolute Gasteiger partial charge is 0.237 e. The Kier molecular flexibility index (Phi) is 6.93. The van der Waals surface area contributed by atoms with Crippen molar-refractivity contribution in [3.05, 3.63) is 56.5 Å². The number of benzene rings is 2. The van der Waals surface area contributed by atoms with E-state index in [-0.39, 0.29) is 11.2 Å². The summed E-state index contributed by atoms with van der Waals surface area (Å²) in [5.74, 6) is -0.146. The molecule has 1 unspecified atom stereocenters. The Hall–Kier alpha value is -0.580. The molecule has 0 bridgehead atoms. The third-order valence-electron chi connectivity index (χ3n) is 3.02. The first-order valence-electron chi connectivity index (χ1n) is 6.78. The van der Waals surface area contributed by atoms with Gasteiger partial charge < -0.3 is 5.32 Å². The molecule has 2 nitrogen and oxygen atoms in total. The van der Waals surface area contributed by atoms with Crippen molar-refractivity contribution in [2.75, 3.05) is 5.32 Å². The second-order valence-electron chi connectivity index (χ2n) is 4.70. The van der Waals surface area contributed by atoms with Crippen LogP contribution < -0.4 is 5.32 Å². The molecule has 1 atom stereocenters. The fourth-order valence-electron chi connectivity index (χ4n) is 1.83. The summed E-state index contributed by atoms with van der Waals surface area (Å²) in [5.41, 5.74) is 0.446. The summed E-state index contributed by atoms with van der Waals surface area (Å²) in [7, 11) is 0.